The highest BCUT2D eigenvalue weighted by molar-refractivity contribution is 7.99. The molecule has 0 bridgehead atoms. The minimum Gasteiger partial charge on any atom is -0.493 e. The summed E-state index contributed by atoms with van der Waals surface area (Å²) in [4.78, 5) is 1.48. The topological polar surface area (TPSA) is 9.23 Å². The predicted octanol–water partition coefficient (Wildman–Crippen LogP) is 14.2. The zero-order valence-electron chi connectivity index (χ0n) is 32.4. The van der Waals surface area contributed by atoms with Gasteiger partial charge in [0.1, 0.15) is 5.75 Å². The first-order valence-electron chi connectivity index (χ1n) is 18.1. The zero-order chi connectivity index (χ0) is 35.0. The van der Waals surface area contributed by atoms with Crippen molar-refractivity contribution in [2.75, 3.05) is 12.4 Å². The Morgan fingerprint density at radius 1 is 0.467 bits per heavy atom. The van der Waals surface area contributed by atoms with Crippen LogP contribution in [0.1, 0.15) is 133 Å². The third-order valence-corrected chi connectivity index (χ3v) is 6.33. The summed E-state index contributed by atoms with van der Waals surface area (Å²) >= 11 is 1.97. The van der Waals surface area contributed by atoms with E-state index in [1.165, 1.54) is 47.5 Å². The van der Waals surface area contributed by atoms with Crippen LogP contribution in [0.15, 0.2) is 77.7 Å². The van der Waals surface area contributed by atoms with Crippen molar-refractivity contribution >= 4 is 11.8 Å². The van der Waals surface area contributed by atoms with E-state index in [9.17, 15) is 0 Å². The number of hydrogen-bond acceptors (Lipinski definition) is 2. The summed E-state index contributed by atoms with van der Waals surface area (Å²) in [6, 6.07) is 25.6. The summed E-state index contributed by atoms with van der Waals surface area (Å²) in [5.74, 6) is 4.84. The first-order chi connectivity index (χ1) is 21.6. The highest BCUT2D eigenvalue weighted by Crippen LogP contribution is 2.30. The molecule has 258 valence electrons. The molecule has 0 amide bonds. The molecular weight excluding hydrogens is 565 g/mol. The van der Waals surface area contributed by atoms with E-state index in [4.69, 9.17) is 4.74 Å². The third kappa shape index (κ3) is 27.8. The van der Waals surface area contributed by atoms with Crippen molar-refractivity contribution in [3.63, 3.8) is 0 Å². The minimum absolute atomic E-state index is 0.833. The highest BCUT2D eigenvalue weighted by Gasteiger charge is 2.09. The van der Waals surface area contributed by atoms with Crippen LogP contribution >= 0.6 is 11.8 Å². The van der Waals surface area contributed by atoms with Crippen LogP contribution in [0.5, 0.6) is 5.75 Å². The van der Waals surface area contributed by atoms with Crippen molar-refractivity contribution in [3.05, 3.63) is 95.1 Å². The summed E-state index contributed by atoms with van der Waals surface area (Å²) in [6.07, 6.45) is 6.31. The van der Waals surface area contributed by atoms with Crippen molar-refractivity contribution in [3.8, 4) is 5.75 Å². The van der Waals surface area contributed by atoms with Crippen LogP contribution in [0.2, 0.25) is 0 Å². The van der Waals surface area contributed by atoms with Crippen molar-refractivity contribution < 1.29 is 4.74 Å². The smallest absolute Gasteiger partial charge is 0.122 e. The molecule has 0 spiro atoms. The van der Waals surface area contributed by atoms with Gasteiger partial charge >= 0.3 is 0 Å². The van der Waals surface area contributed by atoms with Crippen LogP contribution in [0, 0.1) is 17.8 Å². The van der Waals surface area contributed by atoms with Gasteiger partial charge in [-0.2, -0.15) is 0 Å². The van der Waals surface area contributed by atoms with Gasteiger partial charge in [-0.1, -0.05) is 165 Å². The lowest BCUT2D eigenvalue weighted by Crippen LogP contribution is -1.85. The average Bonchev–Trinajstić information content (AvgIpc) is 3.81. The van der Waals surface area contributed by atoms with Gasteiger partial charge in [-0.3, -0.25) is 0 Å². The summed E-state index contributed by atoms with van der Waals surface area (Å²) in [7, 11) is 0. The molecule has 6 rings (SSSR count). The van der Waals surface area contributed by atoms with Crippen LogP contribution in [0.4, 0.5) is 0 Å². The Labute approximate surface area is 287 Å². The van der Waals surface area contributed by atoms with Crippen molar-refractivity contribution in [2.45, 2.75) is 141 Å². The molecule has 45 heavy (non-hydrogen) atoms. The largest absolute Gasteiger partial charge is 0.493 e. The maximum atomic E-state index is 5.30. The molecule has 2 heteroatoms. The van der Waals surface area contributed by atoms with Crippen LogP contribution in [0.3, 0.4) is 0 Å². The molecular formula is C43H74OS. The second-order valence-corrected chi connectivity index (χ2v) is 13.4. The maximum absolute atomic E-state index is 5.30. The van der Waals surface area contributed by atoms with E-state index in [0.29, 0.717) is 0 Å². The Morgan fingerprint density at radius 2 is 0.844 bits per heavy atom. The molecule has 0 saturated heterocycles. The van der Waals surface area contributed by atoms with Crippen LogP contribution in [0.25, 0.3) is 0 Å². The van der Waals surface area contributed by atoms with E-state index in [2.05, 4.69) is 117 Å². The SMILES string of the molecule is CC.CC.CC.CC(C)C.CC(C)C.CC(C)C.c1ccc2c(c1)CCC2.c1ccc2c(c1)CCO2.c1ccc2c(c1)CCS2. The Bertz CT molecular complexity index is 812. The van der Waals surface area contributed by atoms with E-state index in [1.54, 1.807) is 11.1 Å². The van der Waals surface area contributed by atoms with Gasteiger partial charge in [0.05, 0.1) is 6.61 Å². The number of rotatable bonds is 0. The number of para-hydroxylation sites is 1. The predicted molar refractivity (Wildman–Crippen MR) is 211 cm³/mol. The molecule has 3 aromatic rings. The van der Waals surface area contributed by atoms with E-state index in [0.717, 1.165) is 36.5 Å². The molecule has 0 N–H and O–H groups in total. The number of benzene rings is 3. The molecule has 3 aliphatic rings. The molecule has 0 unspecified atom stereocenters. The average molecular weight is 639 g/mol. The van der Waals surface area contributed by atoms with Gasteiger partial charge < -0.3 is 4.74 Å². The quantitative estimate of drug-likeness (QED) is 0.242. The molecule has 0 aromatic heterocycles. The lowest BCUT2D eigenvalue weighted by Gasteiger charge is -1.93. The van der Waals surface area contributed by atoms with E-state index in [1.807, 2.05) is 71.5 Å². The monoisotopic (exact) mass is 639 g/mol. The summed E-state index contributed by atoms with van der Waals surface area (Å²) < 4.78 is 5.30. The summed E-state index contributed by atoms with van der Waals surface area (Å²) in [5, 5.41) is 0. The molecule has 0 atom stereocenters. The number of ether oxygens (including phenoxy) is 1. The van der Waals surface area contributed by atoms with E-state index < -0.39 is 0 Å². The van der Waals surface area contributed by atoms with E-state index >= 15 is 0 Å². The molecule has 1 aliphatic carbocycles. The number of hydrogen-bond donors (Lipinski definition) is 0. The first-order valence-corrected chi connectivity index (χ1v) is 19.1. The van der Waals surface area contributed by atoms with Crippen molar-refractivity contribution in [2.24, 2.45) is 17.8 Å². The van der Waals surface area contributed by atoms with Gasteiger partial charge in [0.2, 0.25) is 0 Å². The maximum Gasteiger partial charge on any atom is 0.122 e. The lowest BCUT2D eigenvalue weighted by molar-refractivity contribution is 0.357. The van der Waals surface area contributed by atoms with Crippen molar-refractivity contribution in [1.82, 2.24) is 0 Å². The number of thioether (sulfide) groups is 1. The second kappa shape index (κ2) is 33.2. The van der Waals surface area contributed by atoms with Gasteiger partial charge in [0.15, 0.2) is 0 Å². The Hall–Kier alpha value is -2.19. The fourth-order valence-electron chi connectivity index (χ4n) is 3.76. The van der Waals surface area contributed by atoms with Crippen LogP contribution in [-0.4, -0.2) is 12.4 Å². The van der Waals surface area contributed by atoms with Gasteiger partial charge in [0, 0.05) is 17.1 Å². The Kier molecular flexibility index (Phi) is 34.8. The molecule has 3 aromatic carbocycles. The number of aryl methyl sites for hydroxylation is 3. The van der Waals surface area contributed by atoms with Crippen LogP contribution < -0.4 is 4.74 Å². The van der Waals surface area contributed by atoms with Gasteiger partial charge in [-0.05, 0) is 77.8 Å². The molecule has 2 aliphatic heterocycles. The first kappa shape index (κ1) is 47.2. The van der Waals surface area contributed by atoms with Gasteiger partial charge in [-0.15, -0.1) is 11.8 Å². The van der Waals surface area contributed by atoms with Gasteiger partial charge in [-0.25, -0.2) is 0 Å². The Balaban J connectivity index is -0.000000471. The van der Waals surface area contributed by atoms with Gasteiger partial charge in [0.25, 0.3) is 0 Å². The van der Waals surface area contributed by atoms with Crippen molar-refractivity contribution in [1.29, 1.82) is 0 Å². The summed E-state index contributed by atoms with van der Waals surface area (Å²) in [5.41, 5.74) is 6.01. The second-order valence-electron chi connectivity index (χ2n) is 12.2. The normalized spacial score (nSPS) is 12.0. The van der Waals surface area contributed by atoms with E-state index in [-0.39, 0.29) is 0 Å². The summed E-state index contributed by atoms with van der Waals surface area (Å²) in [6.45, 7) is 32.4. The van der Waals surface area contributed by atoms with Crippen LogP contribution in [-0.2, 0) is 25.7 Å². The molecule has 0 fully saturated rings. The minimum atomic E-state index is 0.833. The third-order valence-electron chi connectivity index (χ3n) is 5.21. The fourth-order valence-corrected chi connectivity index (χ4v) is 4.83. The molecule has 0 saturated carbocycles. The Morgan fingerprint density at radius 3 is 1.27 bits per heavy atom. The molecule has 0 radical (unpaired) electrons. The molecule has 2 heterocycles. The standard InChI is InChI=1S/C9H10.C8H8O.C8H8S.3C4H10.3C2H6/c1-2-5-9-7-3-6-8(9)4-1;2*1-2-4-8-7(3-1)5-6-9-8;3*1-4(2)3;3*1-2/h1-2,4-5H,3,6-7H2;2*1-4H,5-6H2;3*4H,1-3H3;3*1-2H3. The lowest BCUT2D eigenvalue weighted by atomic mass is 10.1. The molecule has 1 nitrogen and oxygen atoms in total. The fraction of sp³-hybridized carbons (Fsp3) is 0.581. The number of fused-ring (bicyclic) bond motifs is 3. The zero-order valence-corrected chi connectivity index (χ0v) is 33.2. The highest BCUT2D eigenvalue weighted by atomic mass is 32.2.